The van der Waals surface area contributed by atoms with Gasteiger partial charge < -0.3 is 19.7 Å². The molecule has 11 nitrogen and oxygen atoms in total. The van der Waals surface area contributed by atoms with Gasteiger partial charge in [0.25, 0.3) is 11.8 Å². The maximum atomic E-state index is 14.7. The number of hydrazine groups is 1. The molecule has 2 unspecified atom stereocenters. The molecule has 11 heteroatoms. The highest BCUT2D eigenvalue weighted by molar-refractivity contribution is 6.03. The predicted octanol–water partition coefficient (Wildman–Crippen LogP) is 3.83. The van der Waals surface area contributed by atoms with Crippen molar-refractivity contribution in [2.75, 3.05) is 14.2 Å². The first-order chi connectivity index (χ1) is 21.5. The molecule has 0 spiro atoms. The lowest BCUT2D eigenvalue weighted by Gasteiger charge is -2.47. The Morgan fingerprint density at radius 3 is 2.04 bits per heavy atom. The Labute approximate surface area is 261 Å². The third kappa shape index (κ3) is 6.83. The fourth-order valence-electron chi connectivity index (χ4n) is 5.44. The van der Waals surface area contributed by atoms with Crippen LogP contribution in [-0.4, -0.2) is 81.2 Å². The van der Waals surface area contributed by atoms with Crippen molar-refractivity contribution in [3.63, 3.8) is 0 Å². The van der Waals surface area contributed by atoms with Crippen LogP contribution in [0.15, 0.2) is 85.1 Å². The highest BCUT2D eigenvalue weighted by Gasteiger charge is 2.47. The second-order valence-electron chi connectivity index (χ2n) is 10.9. The van der Waals surface area contributed by atoms with Crippen molar-refractivity contribution in [2.45, 2.75) is 45.4 Å². The van der Waals surface area contributed by atoms with Crippen molar-refractivity contribution in [2.24, 2.45) is 5.92 Å². The molecule has 3 atom stereocenters. The number of benzene rings is 3. The molecule has 2 N–H and O–H groups in total. The molecule has 0 saturated carbocycles. The average Bonchev–Trinajstić information content (AvgIpc) is 3.04. The molecule has 1 heterocycles. The molecule has 0 saturated heterocycles. The zero-order valence-corrected chi connectivity index (χ0v) is 25.8. The molecule has 45 heavy (non-hydrogen) atoms. The molecule has 0 radical (unpaired) electrons. The van der Waals surface area contributed by atoms with E-state index in [-0.39, 0.29) is 12.1 Å². The molecule has 0 bridgehead atoms. The Bertz CT molecular complexity index is 1570. The molecule has 3 aromatic carbocycles. The van der Waals surface area contributed by atoms with Gasteiger partial charge in [0, 0.05) is 24.3 Å². The van der Waals surface area contributed by atoms with Crippen LogP contribution in [0.5, 0.6) is 11.5 Å². The molecule has 4 rings (SSSR count). The molecule has 0 fully saturated rings. The summed E-state index contributed by atoms with van der Waals surface area (Å²) in [6, 6.07) is 19.6. The van der Waals surface area contributed by atoms with Crippen molar-refractivity contribution < 1.29 is 38.9 Å². The van der Waals surface area contributed by atoms with Crippen molar-refractivity contribution in [3.05, 3.63) is 102 Å². The van der Waals surface area contributed by atoms with Gasteiger partial charge in [-0.3, -0.25) is 19.3 Å². The van der Waals surface area contributed by atoms with Gasteiger partial charge in [-0.05, 0) is 48.2 Å². The number of amides is 3. The van der Waals surface area contributed by atoms with Crippen LogP contribution in [-0.2, 0) is 20.8 Å². The zero-order valence-electron chi connectivity index (χ0n) is 25.8. The Balaban J connectivity index is 1.99. The van der Waals surface area contributed by atoms with Crippen molar-refractivity contribution in [3.8, 4) is 11.5 Å². The zero-order chi connectivity index (χ0) is 32.8. The van der Waals surface area contributed by atoms with Crippen LogP contribution in [0.2, 0.25) is 0 Å². The minimum Gasteiger partial charge on any atom is -0.493 e. The molecular formula is C34H37N3O8. The number of aliphatic hydroxyl groups excluding tert-OH is 1. The molecule has 1 aliphatic rings. The number of carbonyl (C=O) groups is 4. The molecule has 236 valence electrons. The second kappa shape index (κ2) is 14.1. The van der Waals surface area contributed by atoms with Gasteiger partial charge in [0.1, 0.15) is 6.04 Å². The summed E-state index contributed by atoms with van der Waals surface area (Å²) in [6.07, 6.45) is -0.670. The minimum atomic E-state index is -2.06. The van der Waals surface area contributed by atoms with Gasteiger partial charge in [0.15, 0.2) is 17.6 Å². The van der Waals surface area contributed by atoms with E-state index >= 15 is 0 Å². The van der Waals surface area contributed by atoms with Crippen LogP contribution in [0.3, 0.4) is 0 Å². The summed E-state index contributed by atoms with van der Waals surface area (Å²) >= 11 is 0. The van der Waals surface area contributed by atoms with Gasteiger partial charge >= 0.3 is 5.97 Å². The number of carboxylic acid groups (broad SMARTS) is 1. The Hall–Kier alpha value is -5.16. The Morgan fingerprint density at radius 2 is 1.51 bits per heavy atom. The number of nitrogens with zero attached hydrogens (tertiary/aromatic N) is 3. The number of methoxy groups -OCH3 is 2. The van der Waals surface area contributed by atoms with Crippen molar-refractivity contribution in [1.29, 1.82) is 0 Å². The largest absolute Gasteiger partial charge is 0.493 e. The van der Waals surface area contributed by atoms with Crippen LogP contribution in [0.1, 0.15) is 42.3 Å². The van der Waals surface area contributed by atoms with Crippen LogP contribution < -0.4 is 9.47 Å². The lowest BCUT2D eigenvalue weighted by molar-refractivity contribution is -0.173. The molecule has 3 aromatic rings. The van der Waals surface area contributed by atoms with E-state index in [0.29, 0.717) is 28.2 Å². The third-order valence-corrected chi connectivity index (χ3v) is 7.57. The normalized spacial score (nSPS) is 16.1. The predicted molar refractivity (Wildman–Crippen MR) is 166 cm³/mol. The topological polar surface area (TPSA) is 137 Å². The van der Waals surface area contributed by atoms with E-state index in [0.717, 1.165) is 10.0 Å². The number of hydrogen-bond donors (Lipinski definition) is 2. The van der Waals surface area contributed by atoms with E-state index in [1.807, 2.05) is 0 Å². The lowest BCUT2D eigenvalue weighted by atomic mass is 9.96. The maximum absolute atomic E-state index is 14.7. The first kappa shape index (κ1) is 32.7. The fraction of sp³-hybridized carbons (Fsp3) is 0.294. The number of hydrogen-bond acceptors (Lipinski definition) is 7. The number of carbonyl (C=O) groups excluding carboxylic acids is 3. The summed E-state index contributed by atoms with van der Waals surface area (Å²) < 4.78 is 10.9. The summed E-state index contributed by atoms with van der Waals surface area (Å²) in [4.78, 5) is 55.7. The first-order valence-electron chi connectivity index (χ1n) is 14.4. The van der Waals surface area contributed by atoms with Gasteiger partial charge in [-0.2, -0.15) is 0 Å². The number of aliphatic carboxylic acids is 1. The van der Waals surface area contributed by atoms with Crippen LogP contribution in [0.25, 0.3) is 5.70 Å². The highest BCUT2D eigenvalue weighted by Crippen LogP contribution is 2.37. The monoisotopic (exact) mass is 615 g/mol. The van der Waals surface area contributed by atoms with Crippen LogP contribution in [0, 0.1) is 5.92 Å². The summed E-state index contributed by atoms with van der Waals surface area (Å²) in [5.74, 6) is -3.07. The van der Waals surface area contributed by atoms with Crippen LogP contribution in [0.4, 0.5) is 0 Å². The second-order valence-corrected chi connectivity index (χ2v) is 10.9. The number of rotatable bonds is 11. The van der Waals surface area contributed by atoms with Gasteiger partial charge in [0.05, 0.1) is 26.0 Å². The summed E-state index contributed by atoms with van der Waals surface area (Å²) in [5.41, 5.74) is 1.44. The van der Waals surface area contributed by atoms with E-state index in [4.69, 9.17) is 9.47 Å². The average molecular weight is 616 g/mol. The summed E-state index contributed by atoms with van der Waals surface area (Å²) in [7, 11) is 2.92. The van der Waals surface area contributed by atoms with E-state index in [1.54, 1.807) is 92.7 Å². The molecule has 1 aliphatic heterocycles. The molecule has 0 aromatic heterocycles. The quantitative estimate of drug-likeness (QED) is 0.332. The molecular weight excluding hydrogens is 578 g/mol. The maximum Gasteiger partial charge on any atom is 0.334 e. The standard InChI is InChI=1S/C34H37N3O8/c1-21(2)30-33(41)37(36(22(3)38)26(31(39)34(42)43)18-23-12-8-6-9-13-23)27(25-16-17-28(44-4)29(19-25)45-5)20-35(30)32(40)24-14-10-7-11-15-24/h6-17,19-21,26,30-31,39H,18H2,1-5H3,(H,42,43)/t26-,30?,31?/m0/s1. The van der Waals surface area contributed by atoms with E-state index in [2.05, 4.69) is 0 Å². The van der Waals surface area contributed by atoms with Gasteiger partial charge in [-0.25, -0.2) is 14.8 Å². The number of aliphatic hydroxyl groups is 1. The summed E-state index contributed by atoms with van der Waals surface area (Å²) in [5, 5.41) is 23.0. The highest BCUT2D eigenvalue weighted by atomic mass is 16.5. The van der Waals surface area contributed by atoms with E-state index in [9.17, 15) is 29.4 Å². The van der Waals surface area contributed by atoms with E-state index in [1.165, 1.54) is 32.2 Å². The fourth-order valence-corrected chi connectivity index (χ4v) is 5.44. The molecule has 0 aliphatic carbocycles. The van der Waals surface area contributed by atoms with Gasteiger partial charge in [-0.15, -0.1) is 0 Å². The number of ether oxygens (including phenoxy) is 2. The minimum absolute atomic E-state index is 0.0874. The van der Waals surface area contributed by atoms with Crippen LogP contribution >= 0.6 is 0 Å². The van der Waals surface area contributed by atoms with Gasteiger partial charge in [0.2, 0.25) is 5.91 Å². The lowest BCUT2D eigenvalue weighted by Crippen LogP contribution is -2.64. The van der Waals surface area contributed by atoms with E-state index < -0.39 is 47.8 Å². The Morgan fingerprint density at radius 1 is 0.911 bits per heavy atom. The van der Waals surface area contributed by atoms with Crippen molar-refractivity contribution >= 4 is 29.4 Å². The summed E-state index contributed by atoms with van der Waals surface area (Å²) in [6.45, 7) is 4.73. The Kier molecular flexibility index (Phi) is 10.2. The third-order valence-electron chi connectivity index (χ3n) is 7.57. The SMILES string of the molecule is COc1ccc(C2=CN(C(=O)c3ccccc3)C(C(C)C)C(=O)N2N(C(C)=O)[C@@H](Cc2ccccc2)C(O)C(=O)O)cc1OC. The van der Waals surface area contributed by atoms with Gasteiger partial charge in [-0.1, -0.05) is 62.4 Å². The van der Waals surface area contributed by atoms with Crippen molar-refractivity contribution in [1.82, 2.24) is 14.9 Å². The molecule has 3 amide bonds. The first-order valence-corrected chi connectivity index (χ1v) is 14.4. The number of carboxylic acids is 1. The smallest absolute Gasteiger partial charge is 0.334 e.